The Morgan fingerprint density at radius 3 is 2.66 bits per heavy atom. The van der Waals surface area contributed by atoms with Crippen LogP contribution in [0.5, 0.6) is 5.75 Å². The van der Waals surface area contributed by atoms with E-state index in [0.717, 1.165) is 41.2 Å². The van der Waals surface area contributed by atoms with Crippen LogP contribution in [0.1, 0.15) is 35.2 Å². The summed E-state index contributed by atoms with van der Waals surface area (Å²) in [6, 6.07) is 18.7. The fraction of sp³-hybridized carbons (Fsp3) is 0.267. The van der Waals surface area contributed by atoms with Crippen molar-refractivity contribution in [3.8, 4) is 17.0 Å². The van der Waals surface area contributed by atoms with Crippen LogP contribution in [0, 0.1) is 6.92 Å². The summed E-state index contributed by atoms with van der Waals surface area (Å²) in [6.07, 6.45) is 8.82. The maximum Gasteiger partial charge on any atom is 0.255 e. The van der Waals surface area contributed by atoms with Gasteiger partial charge in [0.15, 0.2) is 0 Å². The van der Waals surface area contributed by atoms with Crippen LogP contribution in [0.15, 0.2) is 79.3 Å². The van der Waals surface area contributed by atoms with E-state index in [-0.39, 0.29) is 5.91 Å². The average Bonchev–Trinajstić information content (AvgIpc) is 3.47. The maximum absolute atomic E-state index is 13.0. The number of hydrogen-bond donors (Lipinski definition) is 2. The highest BCUT2D eigenvalue weighted by Gasteiger charge is 2.12. The molecule has 194 valence electrons. The highest BCUT2D eigenvalue weighted by Crippen LogP contribution is 2.23. The van der Waals surface area contributed by atoms with E-state index >= 15 is 0 Å². The number of amides is 1. The third-order valence-corrected chi connectivity index (χ3v) is 6.56. The van der Waals surface area contributed by atoms with E-state index < -0.39 is 0 Å². The molecule has 1 amide bonds. The van der Waals surface area contributed by atoms with Crippen molar-refractivity contribution in [2.45, 2.75) is 26.2 Å². The van der Waals surface area contributed by atoms with Gasteiger partial charge in [0, 0.05) is 47.6 Å². The molecule has 2 aromatic heterocycles. The Morgan fingerprint density at radius 2 is 1.87 bits per heavy atom. The van der Waals surface area contributed by atoms with Crippen LogP contribution in [0.25, 0.3) is 11.3 Å². The van der Waals surface area contributed by atoms with Gasteiger partial charge in [0.05, 0.1) is 12.3 Å². The molecule has 4 aromatic rings. The summed E-state index contributed by atoms with van der Waals surface area (Å²) in [4.78, 5) is 28.6. The third-order valence-electron chi connectivity index (χ3n) is 6.56. The van der Waals surface area contributed by atoms with Crippen molar-refractivity contribution in [1.29, 1.82) is 0 Å². The zero-order chi connectivity index (χ0) is 26.2. The van der Waals surface area contributed by atoms with E-state index in [9.17, 15) is 4.79 Å². The number of nitrogens with one attached hydrogen (secondary N) is 2. The smallest absolute Gasteiger partial charge is 0.255 e. The fourth-order valence-corrected chi connectivity index (χ4v) is 4.43. The number of anilines is 3. The van der Waals surface area contributed by atoms with Gasteiger partial charge < -0.3 is 20.3 Å². The predicted molar refractivity (Wildman–Crippen MR) is 150 cm³/mol. The van der Waals surface area contributed by atoms with Gasteiger partial charge in [-0.15, -0.1) is 0 Å². The van der Waals surface area contributed by atoms with Crippen LogP contribution >= 0.6 is 0 Å². The lowest BCUT2D eigenvalue weighted by Crippen LogP contribution is -2.21. The predicted octanol–water partition coefficient (Wildman–Crippen LogP) is 5.71. The van der Waals surface area contributed by atoms with Crippen LogP contribution < -0.4 is 15.4 Å². The number of carbonyl (C=O) groups is 1. The Morgan fingerprint density at radius 1 is 1.03 bits per heavy atom. The topological polar surface area (TPSA) is 92.3 Å². The third kappa shape index (κ3) is 6.72. The Balaban J connectivity index is 1.18. The minimum absolute atomic E-state index is 0.197. The molecule has 0 atom stereocenters. The lowest BCUT2D eigenvalue weighted by molar-refractivity contribution is 0.102. The second-order valence-corrected chi connectivity index (χ2v) is 9.39. The van der Waals surface area contributed by atoms with Gasteiger partial charge in [-0.1, -0.05) is 6.07 Å². The highest BCUT2D eigenvalue weighted by molar-refractivity contribution is 6.05. The van der Waals surface area contributed by atoms with Gasteiger partial charge in [-0.3, -0.25) is 9.78 Å². The number of likely N-dealkylation sites (tertiary alicyclic amines) is 1. The summed E-state index contributed by atoms with van der Waals surface area (Å²) in [5.41, 5.74) is 4.65. The normalized spacial score (nSPS) is 13.3. The van der Waals surface area contributed by atoms with Crippen LogP contribution in [-0.2, 0) is 0 Å². The van der Waals surface area contributed by atoms with Crippen LogP contribution in [-0.4, -0.2) is 52.0 Å². The standard InChI is InChI=1S/C30H32N6O2/c1-22-7-8-23(20-28(22)35-30-32-15-13-27(34-30)24-6-4-14-31-21-24)29(37)33-25-9-11-26(12-10-25)38-19-5-18-36-16-2-3-17-36/h4,6-15,20-21H,2-3,5,16-19H2,1H3,(H,33,37)(H,32,34,35). The van der Waals surface area contributed by atoms with E-state index in [1.165, 1.54) is 25.9 Å². The molecule has 2 aromatic carbocycles. The molecule has 3 heterocycles. The summed E-state index contributed by atoms with van der Waals surface area (Å²) in [5, 5.41) is 6.21. The van der Waals surface area contributed by atoms with E-state index in [2.05, 4.69) is 30.5 Å². The minimum atomic E-state index is -0.197. The molecule has 1 fully saturated rings. The van der Waals surface area contributed by atoms with Gasteiger partial charge in [0.1, 0.15) is 5.75 Å². The summed E-state index contributed by atoms with van der Waals surface area (Å²) in [5.74, 6) is 1.06. The van der Waals surface area contributed by atoms with Crippen molar-refractivity contribution < 1.29 is 9.53 Å². The number of rotatable bonds is 10. The number of aromatic nitrogens is 3. The minimum Gasteiger partial charge on any atom is -0.494 e. The molecule has 8 nitrogen and oxygen atoms in total. The first-order valence-corrected chi connectivity index (χ1v) is 13.0. The molecular weight excluding hydrogens is 476 g/mol. The number of hydrogen-bond acceptors (Lipinski definition) is 7. The van der Waals surface area contributed by atoms with E-state index in [1.54, 1.807) is 24.7 Å². The molecule has 1 aliphatic rings. The lowest BCUT2D eigenvalue weighted by Gasteiger charge is -2.14. The second-order valence-electron chi connectivity index (χ2n) is 9.39. The lowest BCUT2D eigenvalue weighted by atomic mass is 10.1. The van der Waals surface area contributed by atoms with Crippen molar-refractivity contribution in [1.82, 2.24) is 19.9 Å². The van der Waals surface area contributed by atoms with Crippen molar-refractivity contribution >= 4 is 23.2 Å². The van der Waals surface area contributed by atoms with Gasteiger partial charge >= 0.3 is 0 Å². The molecule has 0 unspecified atom stereocenters. The van der Waals surface area contributed by atoms with E-state index in [4.69, 9.17) is 4.74 Å². The van der Waals surface area contributed by atoms with Crippen molar-refractivity contribution in [3.63, 3.8) is 0 Å². The maximum atomic E-state index is 13.0. The summed E-state index contributed by atoms with van der Waals surface area (Å²) in [7, 11) is 0. The van der Waals surface area contributed by atoms with Crippen molar-refractivity contribution in [2.24, 2.45) is 0 Å². The zero-order valence-corrected chi connectivity index (χ0v) is 21.6. The first-order valence-electron chi connectivity index (χ1n) is 13.0. The largest absolute Gasteiger partial charge is 0.494 e. The molecule has 0 spiro atoms. The van der Waals surface area contributed by atoms with Crippen molar-refractivity contribution in [3.05, 3.63) is 90.4 Å². The first kappa shape index (κ1) is 25.4. The first-order chi connectivity index (χ1) is 18.6. The molecule has 1 saturated heterocycles. The van der Waals surface area contributed by atoms with Gasteiger partial charge in [-0.05, 0) is 99.4 Å². The summed E-state index contributed by atoms with van der Waals surface area (Å²) >= 11 is 0. The molecule has 5 rings (SSSR count). The molecular formula is C30H32N6O2. The van der Waals surface area contributed by atoms with Gasteiger partial charge in [-0.25, -0.2) is 9.97 Å². The molecule has 2 N–H and O–H groups in total. The molecule has 0 saturated carbocycles. The molecule has 38 heavy (non-hydrogen) atoms. The van der Waals surface area contributed by atoms with Gasteiger partial charge in [0.2, 0.25) is 5.95 Å². The molecule has 0 aliphatic carbocycles. The van der Waals surface area contributed by atoms with Crippen LogP contribution in [0.4, 0.5) is 17.3 Å². The van der Waals surface area contributed by atoms with Gasteiger partial charge in [-0.2, -0.15) is 0 Å². The molecule has 0 radical (unpaired) electrons. The van der Waals surface area contributed by atoms with Crippen LogP contribution in [0.3, 0.4) is 0 Å². The Bertz CT molecular complexity index is 1360. The second kappa shape index (κ2) is 12.3. The molecule has 8 heteroatoms. The highest BCUT2D eigenvalue weighted by atomic mass is 16.5. The number of benzene rings is 2. The molecule has 1 aliphatic heterocycles. The Hall–Kier alpha value is -4.30. The van der Waals surface area contributed by atoms with Crippen molar-refractivity contribution in [2.75, 3.05) is 36.9 Å². The monoisotopic (exact) mass is 508 g/mol. The molecule has 0 bridgehead atoms. The Labute approximate surface area is 223 Å². The summed E-state index contributed by atoms with van der Waals surface area (Å²) < 4.78 is 5.87. The van der Waals surface area contributed by atoms with Crippen LogP contribution in [0.2, 0.25) is 0 Å². The van der Waals surface area contributed by atoms with E-state index in [0.29, 0.717) is 23.8 Å². The zero-order valence-electron chi connectivity index (χ0n) is 21.6. The average molecular weight is 509 g/mol. The van der Waals surface area contributed by atoms with E-state index in [1.807, 2.05) is 61.5 Å². The number of pyridine rings is 1. The number of nitrogens with zero attached hydrogens (tertiary/aromatic N) is 4. The number of ether oxygens (including phenoxy) is 1. The number of carbonyl (C=O) groups excluding carboxylic acids is 1. The van der Waals surface area contributed by atoms with Gasteiger partial charge in [0.25, 0.3) is 5.91 Å². The quantitative estimate of drug-likeness (QED) is 0.265. The SMILES string of the molecule is Cc1ccc(C(=O)Nc2ccc(OCCCN3CCCC3)cc2)cc1Nc1nccc(-c2cccnc2)n1. The Kier molecular flexibility index (Phi) is 8.20. The number of aryl methyl sites for hydroxylation is 1. The summed E-state index contributed by atoms with van der Waals surface area (Å²) in [6.45, 7) is 6.17. The fourth-order valence-electron chi connectivity index (χ4n) is 4.43.